The number of aromatic nitrogens is 2. The average molecular weight is 525 g/mol. The molecule has 6 aromatic rings. The molecule has 196 valence electrons. The zero-order chi connectivity index (χ0) is 27.6. The second kappa shape index (κ2) is 10.5. The Balaban J connectivity index is 1.22. The molecule has 1 amide bonds. The van der Waals surface area contributed by atoms with Crippen molar-refractivity contribution in [1.82, 2.24) is 14.6 Å². The minimum Gasteiger partial charge on any atom is -0.331 e. The van der Waals surface area contributed by atoms with Crippen molar-refractivity contribution in [2.24, 2.45) is 5.10 Å². The van der Waals surface area contributed by atoms with E-state index in [-0.39, 0.29) is 17.9 Å². The first-order chi connectivity index (χ1) is 19.5. The number of hydrogen-bond acceptors (Lipinski definition) is 3. The van der Waals surface area contributed by atoms with Gasteiger partial charge in [-0.3, -0.25) is 9.59 Å². The zero-order valence-electron chi connectivity index (χ0n) is 22.3. The second-order valence-electron chi connectivity index (χ2n) is 9.82. The molecule has 2 aromatic heterocycles. The number of rotatable bonds is 6. The first kappa shape index (κ1) is 25.1. The fourth-order valence-corrected chi connectivity index (χ4v) is 5.35. The van der Waals surface area contributed by atoms with Crippen molar-refractivity contribution in [2.45, 2.75) is 20.4 Å². The number of nitrogens with one attached hydrogen (secondary N) is 1. The first-order valence-electron chi connectivity index (χ1n) is 13.2. The highest BCUT2D eigenvalue weighted by Crippen LogP contribution is 2.24. The van der Waals surface area contributed by atoms with E-state index in [9.17, 15) is 9.59 Å². The van der Waals surface area contributed by atoms with Crippen LogP contribution < -0.4 is 10.9 Å². The Kier molecular flexibility index (Phi) is 6.58. The van der Waals surface area contributed by atoms with Crippen molar-refractivity contribution in [2.75, 3.05) is 0 Å². The van der Waals surface area contributed by atoms with Gasteiger partial charge in [-0.1, -0.05) is 66.7 Å². The van der Waals surface area contributed by atoms with Crippen LogP contribution in [0.25, 0.3) is 38.6 Å². The molecule has 40 heavy (non-hydrogen) atoms. The molecule has 2 heterocycles. The van der Waals surface area contributed by atoms with Gasteiger partial charge in [-0.2, -0.15) is 5.10 Å². The van der Waals surface area contributed by atoms with E-state index < -0.39 is 0 Å². The van der Waals surface area contributed by atoms with E-state index >= 15 is 0 Å². The predicted molar refractivity (Wildman–Crippen MR) is 162 cm³/mol. The van der Waals surface area contributed by atoms with Crippen molar-refractivity contribution >= 4 is 33.9 Å². The van der Waals surface area contributed by atoms with Gasteiger partial charge in [0.1, 0.15) is 6.54 Å². The lowest BCUT2D eigenvalue weighted by Gasteiger charge is -2.14. The fourth-order valence-electron chi connectivity index (χ4n) is 5.35. The summed E-state index contributed by atoms with van der Waals surface area (Å²) in [6.45, 7) is 4.13. The van der Waals surface area contributed by atoms with Gasteiger partial charge in [0.05, 0.1) is 17.2 Å². The van der Waals surface area contributed by atoms with Crippen molar-refractivity contribution in [3.63, 3.8) is 0 Å². The van der Waals surface area contributed by atoms with E-state index in [1.165, 1.54) is 11.1 Å². The van der Waals surface area contributed by atoms with Crippen molar-refractivity contribution in [1.29, 1.82) is 0 Å². The fraction of sp³-hybridized carbons (Fsp3) is 0.0882. The predicted octanol–water partition coefficient (Wildman–Crippen LogP) is 6.38. The largest absolute Gasteiger partial charge is 0.331 e. The lowest BCUT2D eigenvalue weighted by Crippen LogP contribution is -2.25. The number of para-hydroxylation sites is 2. The molecule has 0 aliphatic rings. The summed E-state index contributed by atoms with van der Waals surface area (Å²) in [7, 11) is 0. The number of carbonyl (C=O) groups is 1. The summed E-state index contributed by atoms with van der Waals surface area (Å²) < 4.78 is 4.04. The highest BCUT2D eigenvalue weighted by atomic mass is 16.2. The maximum absolute atomic E-state index is 13.0. The van der Waals surface area contributed by atoms with Crippen LogP contribution >= 0.6 is 0 Å². The minimum absolute atomic E-state index is 0.0332. The molecule has 0 aliphatic carbocycles. The third-order valence-electron chi connectivity index (χ3n) is 7.28. The second-order valence-corrected chi connectivity index (χ2v) is 9.82. The number of pyridine rings is 1. The average Bonchev–Trinajstić information content (AvgIpc) is 3.28. The van der Waals surface area contributed by atoms with Crippen LogP contribution in [-0.4, -0.2) is 21.3 Å². The van der Waals surface area contributed by atoms with Crippen LogP contribution in [0.4, 0.5) is 0 Å². The lowest BCUT2D eigenvalue weighted by atomic mass is 10.1. The minimum atomic E-state index is -0.277. The maximum Gasteiger partial charge on any atom is 0.260 e. The molecule has 0 bridgehead atoms. The molecule has 0 fully saturated rings. The van der Waals surface area contributed by atoms with Crippen LogP contribution in [0, 0.1) is 13.8 Å². The first-order valence-corrected chi connectivity index (χ1v) is 13.2. The third-order valence-corrected chi connectivity index (χ3v) is 7.28. The summed E-state index contributed by atoms with van der Waals surface area (Å²) in [6, 6.07) is 35.6. The highest BCUT2D eigenvalue weighted by molar-refractivity contribution is 5.95. The van der Waals surface area contributed by atoms with E-state index in [1.54, 1.807) is 18.3 Å². The van der Waals surface area contributed by atoms with Gasteiger partial charge >= 0.3 is 0 Å². The Morgan fingerprint density at radius 2 is 1.35 bits per heavy atom. The van der Waals surface area contributed by atoms with Gasteiger partial charge in [-0.15, -0.1) is 0 Å². The van der Waals surface area contributed by atoms with E-state index in [1.807, 2.05) is 66.1 Å². The van der Waals surface area contributed by atoms with Gasteiger partial charge in [-0.05, 0) is 67.4 Å². The van der Waals surface area contributed by atoms with Gasteiger partial charge in [0, 0.05) is 33.4 Å². The molecule has 0 spiro atoms. The van der Waals surface area contributed by atoms with Crippen LogP contribution in [0.15, 0.2) is 119 Å². The topological polar surface area (TPSA) is 68.4 Å². The summed E-state index contributed by atoms with van der Waals surface area (Å²) in [5, 5.41) is 5.44. The van der Waals surface area contributed by atoms with Crippen molar-refractivity contribution in [3.05, 3.63) is 136 Å². The molecule has 6 rings (SSSR count). The molecule has 0 atom stereocenters. The zero-order valence-corrected chi connectivity index (χ0v) is 22.3. The Bertz CT molecular complexity index is 1890. The number of nitrogens with zero attached hydrogens (tertiary/aromatic N) is 3. The van der Waals surface area contributed by atoms with Gasteiger partial charge in [0.15, 0.2) is 5.43 Å². The smallest absolute Gasteiger partial charge is 0.260 e. The Hall–Kier alpha value is -5.23. The summed E-state index contributed by atoms with van der Waals surface area (Å²) in [5.74, 6) is -0.277. The Morgan fingerprint density at radius 1 is 0.775 bits per heavy atom. The number of carbonyl (C=O) groups excluding carboxylic acids is 1. The lowest BCUT2D eigenvalue weighted by molar-refractivity contribution is -0.121. The molecule has 6 nitrogen and oxygen atoms in total. The Labute approximate surface area is 231 Å². The Morgan fingerprint density at radius 3 is 2.00 bits per heavy atom. The van der Waals surface area contributed by atoms with Crippen LogP contribution in [0.1, 0.15) is 17.0 Å². The quantitative estimate of drug-likeness (QED) is 0.156. The van der Waals surface area contributed by atoms with E-state index in [4.69, 9.17) is 0 Å². The molecule has 0 saturated heterocycles. The summed E-state index contributed by atoms with van der Waals surface area (Å²) >= 11 is 0. The monoisotopic (exact) mass is 524 g/mol. The number of fused-ring (bicyclic) bond motifs is 2. The molecule has 0 aliphatic heterocycles. The number of hydrazone groups is 1. The van der Waals surface area contributed by atoms with E-state index in [2.05, 4.69) is 64.5 Å². The van der Waals surface area contributed by atoms with Crippen LogP contribution in [0.3, 0.4) is 0 Å². The van der Waals surface area contributed by atoms with Crippen LogP contribution in [0.5, 0.6) is 0 Å². The molecule has 4 aromatic carbocycles. The third kappa shape index (κ3) is 4.60. The van der Waals surface area contributed by atoms with Gasteiger partial charge in [0.2, 0.25) is 0 Å². The van der Waals surface area contributed by atoms with Crippen LogP contribution in [0.2, 0.25) is 0 Å². The number of amides is 1. The summed E-state index contributed by atoms with van der Waals surface area (Å²) in [5.41, 5.74) is 10.5. The summed E-state index contributed by atoms with van der Waals surface area (Å²) in [6.07, 6.45) is 1.68. The van der Waals surface area contributed by atoms with Gasteiger partial charge in [-0.25, -0.2) is 5.43 Å². The number of hydrogen-bond donors (Lipinski definition) is 1. The highest BCUT2D eigenvalue weighted by Gasteiger charge is 2.13. The van der Waals surface area contributed by atoms with Crippen molar-refractivity contribution in [3.8, 4) is 16.8 Å². The number of benzene rings is 4. The van der Waals surface area contributed by atoms with Gasteiger partial charge < -0.3 is 9.13 Å². The number of aryl methyl sites for hydroxylation is 1. The van der Waals surface area contributed by atoms with Crippen molar-refractivity contribution < 1.29 is 4.79 Å². The molecular weight excluding hydrogens is 496 g/mol. The van der Waals surface area contributed by atoms with Gasteiger partial charge in [0.25, 0.3) is 5.91 Å². The molecule has 0 radical (unpaired) electrons. The molecular formula is C34H28N4O2. The maximum atomic E-state index is 13.0. The molecule has 0 unspecified atom stereocenters. The standard InChI is InChI=1S/C34H28N4O2/c1-23-20-27(24(2)38(23)28-18-16-26(17-19-28)25-10-4-3-5-11-25)21-35-36-33(39)22-37-31-14-8-6-12-29(31)34(40)30-13-7-9-15-32(30)37/h3-21H,22H2,1-2H3,(H,36,39)/b35-21+. The molecule has 6 heteroatoms. The molecule has 1 N–H and O–H groups in total. The van der Waals surface area contributed by atoms with E-state index in [0.29, 0.717) is 21.8 Å². The SMILES string of the molecule is Cc1cc(/C=N/NC(=O)Cn2c3ccccc3c(=O)c3ccccc32)c(C)n1-c1ccc(-c2ccccc2)cc1. The van der Waals surface area contributed by atoms with Crippen LogP contribution in [-0.2, 0) is 11.3 Å². The summed E-state index contributed by atoms with van der Waals surface area (Å²) in [4.78, 5) is 25.9. The normalized spacial score (nSPS) is 11.4. The molecule has 0 saturated carbocycles. The van der Waals surface area contributed by atoms with E-state index in [0.717, 1.165) is 22.6 Å².